The summed E-state index contributed by atoms with van der Waals surface area (Å²) in [5.74, 6) is -0.195. The highest BCUT2D eigenvalue weighted by molar-refractivity contribution is 8.00. The number of hydrogen-bond acceptors (Lipinski definition) is 6. The van der Waals surface area contributed by atoms with Crippen molar-refractivity contribution in [3.63, 3.8) is 0 Å². The molecule has 0 aliphatic rings. The highest BCUT2D eigenvalue weighted by Crippen LogP contribution is 2.38. The molecular weight excluding hydrogens is 639 g/mol. The fraction of sp³-hybridized carbons (Fsp3) is 0.0625. The number of thiazole rings is 1. The van der Waals surface area contributed by atoms with Gasteiger partial charge in [0, 0.05) is 32.8 Å². The van der Waals surface area contributed by atoms with E-state index in [0.29, 0.717) is 31.5 Å². The van der Waals surface area contributed by atoms with Crippen molar-refractivity contribution in [2.24, 2.45) is 0 Å². The number of rotatable bonds is 9. The first-order valence-electron chi connectivity index (χ1n) is 13.0. The number of carbonyl (C=O) groups excluding carboxylic acids is 2. The molecule has 1 atom stereocenters. The van der Waals surface area contributed by atoms with Gasteiger partial charge in [-0.15, -0.1) is 23.1 Å². The number of benzene rings is 4. The lowest BCUT2D eigenvalue weighted by atomic mass is 10.1. The zero-order valence-electron chi connectivity index (χ0n) is 22.6. The number of nitrogens with zero attached hydrogens (tertiary/aromatic N) is 1. The summed E-state index contributed by atoms with van der Waals surface area (Å²) in [5, 5.41) is 12.4. The lowest BCUT2D eigenvalue weighted by molar-refractivity contribution is -0.115. The van der Waals surface area contributed by atoms with Crippen LogP contribution in [0.2, 0.25) is 10.0 Å². The van der Waals surface area contributed by atoms with Crippen LogP contribution in [0.4, 0.5) is 16.5 Å². The van der Waals surface area contributed by atoms with E-state index in [4.69, 9.17) is 35.4 Å². The monoisotopic (exact) mass is 662 g/mol. The van der Waals surface area contributed by atoms with Crippen molar-refractivity contribution in [1.82, 2.24) is 4.98 Å². The molecule has 1 aromatic heterocycles. The SMILES string of the molecule is CC(=O)c1ccc(NC(=S)Nc2cccc(SC(C(=O)Nc3nc(-c4ccc(Cl)c(Cl)c4)cs3)c3ccccc3)c2)cc1. The Bertz CT molecular complexity index is 1780. The van der Waals surface area contributed by atoms with Crippen molar-refractivity contribution in [2.45, 2.75) is 17.1 Å². The Morgan fingerprint density at radius 2 is 1.58 bits per heavy atom. The minimum Gasteiger partial charge on any atom is -0.332 e. The number of carbonyl (C=O) groups is 2. The van der Waals surface area contributed by atoms with Gasteiger partial charge >= 0.3 is 0 Å². The Morgan fingerprint density at radius 1 is 0.837 bits per heavy atom. The number of thiocarbonyl (C=S) groups is 1. The topological polar surface area (TPSA) is 83.1 Å². The quantitative estimate of drug-likeness (QED) is 0.0823. The lowest BCUT2D eigenvalue weighted by Gasteiger charge is -2.17. The molecule has 6 nitrogen and oxygen atoms in total. The molecule has 5 aromatic rings. The molecule has 5 rings (SSSR count). The first kappa shape index (κ1) is 30.7. The van der Waals surface area contributed by atoms with Crippen LogP contribution in [0.15, 0.2) is 107 Å². The summed E-state index contributed by atoms with van der Waals surface area (Å²) in [6, 6.07) is 29.7. The van der Waals surface area contributed by atoms with Gasteiger partial charge in [0.1, 0.15) is 5.25 Å². The van der Waals surface area contributed by atoms with Crippen molar-refractivity contribution in [2.75, 3.05) is 16.0 Å². The second-order valence-corrected chi connectivity index (χ2v) is 12.6. The number of halogens is 2. The average molecular weight is 664 g/mol. The number of Topliss-reactive ketones (excluding diaryl/α,β-unsaturated/α-hetero) is 1. The Morgan fingerprint density at radius 3 is 2.30 bits per heavy atom. The van der Waals surface area contributed by atoms with Gasteiger partial charge < -0.3 is 16.0 Å². The van der Waals surface area contributed by atoms with E-state index in [2.05, 4.69) is 20.9 Å². The van der Waals surface area contributed by atoms with Crippen LogP contribution < -0.4 is 16.0 Å². The maximum Gasteiger partial charge on any atom is 0.244 e. The van der Waals surface area contributed by atoms with E-state index < -0.39 is 5.25 Å². The summed E-state index contributed by atoms with van der Waals surface area (Å²) in [7, 11) is 0. The van der Waals surface area contributed by atoms with Gasteiger partial charge in [-0.25, -0.2) is 4.98 Å². The first-order valence-corrected chi connectivity index (χ1v) is 15.9. The van der Waals surface area contributed by atoms with Crippen molar-refractivity contribution in [3.8, 4) is 11.3 Å². The lowest BCUT2D eigenvalue weighted by Crippen LogP contribution is -2.19. The van der Waals surface area contributed by atoms with Gasteiger partial charge in [-0.05, 0) is 79.3 Å². The van der Waals surface area contributed by atoms with Crippen molar-refractivity contribution >= 4 is 91.8 Å². The average Bonchev–Trinajstić information content (AvgIpc) is 3.46. The van der Waals surface area contributed by atoms with E-state index in [-0.39, 0.29) is 11.7 Å². The molecule has 43 heavy (non-hydrogen) atoms. The fourth-order valence-corrected chi connectivity index (χ4v) is 6.40. The van der Waals surface area contributed by atoms with Crippen LogP contribution in [0.5, 0.6) is 0 Å². The third-order valence-electron chi connectivity index (χ3n) is 6.19. The number of nitrogens with one attached hydrogen (secondary N) is 3. The van der Waals surface area contributed by atoms with Gasteiger partial charge in [0.25, 0.3) is 0 Å². The van der Waals surface area contributed by atoms with E-state index in [1.807, 2.05) is 66.0 Å². The molecule has 0 bridgehead atoms. The summed E-state index contributed by atoms with van der Waals surface area (Å²) in [6.07, 6.45) is 0. The van der Waals surface area contributed by atoms with Crippen molar-refractivity contribution in [1.29, 1.82) is 0 Å². The molecule has 0 saturated heterocycles. The van der Waals surface area contributed by atoms with Crippen LogP contribution in [0.25, 0.3) is 11.3 Å². The molecule has 3 N–H and O–H groups in total. The Hall–Kier alpha value is -3.73. The van der Waals surface area contributed by atoms with Gasteiger partial charge in [-0.3, -0.25) is 9.59 Å². The summed E-state index contributed by atoms with van der Waals surface area (Å²) in [4.78, 5) is 30.6. The number of thioether (sulfide) groups is 1. The standard InChI is InChI=1S/C32H24Cl2N4O2S3/c1-19(39)20-10-13-23(14-11-20)35-31(41)36-24-8-5-9-25(17-24)43-29(21-6-3-2-4-7-21)30(40)38-32-37-28(18-42-32)22-12-15-26(33)27(34)16-22/h2-18,29H,1H3,(H2,35,36,41)(H,37,38,40). The molecule has 216 valence electrons. The van der Waals surface area contributed by atoms with Gasteiger partial charge in [0.15, 0.2) is 16.0 Å². The third-order valence-corrected chi connectivity index (χ3v) is 9.13. The molecule has 0 saturated carbocycles. The zero-order chi connectivity index (χ0) is 30.3. The molecule has 0 aliphatic carbocycles. The minimum absolute atomic E-state index is 0.00348. The summed E-state index contributed by atoms with van der Waals surface area (Å²) in [5.41, 5.74) is 4.52. The normalized spacial score (nSPS) is 11.4. The van der Waals surface area contributed by atoms with Crippen molar-refractivity contribution < 1.29 is 9.59 Å². The van der Waals surface area contributed by atoms with Crippen LogP contribution >= 0.6 is 58.5 Å². The highest BCUT2D eigenvalue weighted by Gasteiger charge is 2.23. The molecule has 0 spiro atoms. The van der Waals surface area contributed by atoms with Gasteiger partial charge in [0.05, 0.1) is 15.7 Å². The zero-order valence-corrected chi connectivity index (χ0v) is 26.6. The molecule has 0 fully saturated rings. The van der Waals surface area contributed by atoms with E-state index >= 15 is 0 Å². The van der Waals surface area contributed by atoms with E-state index in [1.54, 1.807) is 36.4 Å². The van der Waals surface area contributed by atoms with Crippen LogP contribution in [0.3, 0.4) is 0 Å². The number of amides is 1. The summed E-state index contributed by atoms with van der Waals surface area (Å²) >= 11 is 20.5. The maximum atomic E-state index is 13.6. The number of anilines is 3. The Kier molecular flexibility index (Phi) is 10.1. The second kappa shape index (κ2) is 14.2. The van der Waals surface area contributed by atoms with Crippen LogP contribution in [-0.4, -0.2) is 21.8 Å². The van der Waals surface area contributed by atoms with Gasteiger partial charge in [-0.1, -0.05) is 65.7 Å². The smallest absolute Gasteiger partial charge is 0.244 e. The molecule has 0 aliphatic heterocycles. The summed E-state index contributed by atoms with van der Waals surface area (Å²) < 4.78 is 0. The number of aromatic nitrogens is 1. The predicted octanol–water partition coefficient (Wildman–Crippen LogP) is 9.60. The maximum absolute atomic E-state index is 13.6. The van der Waals surface area contributed by atoms with E-state index in [0.717, 1.165) is 27.4 Å². The molecule has 11 heteroatoms. The largest absolute Gasteiger partial charge is 0.332 e. The Balaban J connectivity index is 1.28. The molecule has 1 unspecified atom stereocenters. The molecule has 1 amide bonds. The summed E-state index contributed by atoms with van der Waals surface area (Å²) in [6.45, 7) is 1.53. The molecular formula is C32H24Cl2N4O2S3. The number of hydrogen-bond donors (Lipinski definition) is 3. The molecule has 4 aromatic carbocycles. The van der Waals surface area contributed by atoms with E-state index in [9.17, 15) is 9.59 Å². The van der Waals surface area contributed by atoms with Gasteiger partial charge in [-0.2, -0.15) is 0 Å². The Labute approximate surface area is 272 Å². The minimum atomic E-state index is -0.543. The van der Waals surface area contributed by atoms with Crippen LogP contribution in [0.1, 0.15) is 28.1 Å². The predicted molar refractivity (Wildman–Crippen MR) is 184 cm³/mol. The highest BCUT2D eigenvalue weighted by atomic mass is 35.5. The van der Waals surface area contributed by atoms with E-state index in [1.165, 1.54) is 30.0 Å². The first-order chi connectivity index (χ1) is 20.7. The second-order valence-electron chi connectivity index (χ2n) is 9.31. The number of ketones is 1. The fourth-order valence-electron chi connectivity index (χ4n) is 4.06. The van der Waals surface area contributed by atoms with Crippen molar-refractivity contribution in [3.05, 3.63) is 124 Å². The van der Waals surface area contributed by atoms with Crippen LogP contribution in [0, 0.1) is 0 Å². The molecule has 1 heterocycles. The third kappa shape index (κ3) is 8.22. The van der Waals surface area contributed by atoms with Gasteiger partial charge in [0.2, 0.25) is 5.91 Å². The van der Waals surface area contributed by atoms with Crippen LogP contribution in [-0.2, 0) is 4.79 Å². The molecule has 0 radical (unpaired) electrons.